The monoisotopic (exact) mass is 1590 g/mol. The van der Waals surface area contributed by atoms with E-state index in [4.69, 9.17) is 15.5 Å². The average molecular weight is 1590 g/mol. The van der Waals surface area contributed by atoms with Crippen molar-refractivity contribution in [2.75, 3.05) is 55.1 Å². The van der Waals surface area contributed by atoms with Gasteiger partial charge in [-0.05, 0) is 102 Å². The van der Waals surface area contributed by atoms with Crippen LogP contribution in [0.2, 0.25) is 0 Å². The number of benzene rings is 6. The zero-order chi connectivity index (χ0) is 76.0. The van der Waals surface area contributed by atoms with E-state index < -0.39 is 24.3 Å². The molecular weight excluding hydrogens is 1470 g/mol. The number of carbonyl (C=O) groups is 7. The molecule has 1 fully saturated rings. The van der Waals surface area contributed by atoms with Crippen LogP contribution in [0.15, 0.2) is 146 Å². The fourth-order valence-electron chi connectivity index (χ4n) is 10.8. The molecule has 4 unspecified atom stereocenters. The molecule has 99 heavy (non-hydrogen) atoms. The third-order valence-electron chi connectivity index (χ3n) is 15.0. The van der Waals surface area contributed by atoms with Gasteiger partial charge in [-0.1, -0.05) is 255 Å². The van der Waals surface area contributed by atoms with Crippen molar-refractivity contribution in [2.45, 2.75) is 179 Å². The number of carbonyl (C=O) groups excluding carboxylic acids is 7. The van der Waals surface area contributed by atoms with Crippen LogP contribution in [0.1, 0.15) is 195 Å². The Morgan fingerprint density at radius 1 is 0.414 bits per heavy atom. The van der Waals surface area contributed by atoms with Crippen molar-refractivity contribution >= 4 is 50.3 Å². The molecule has 0 spiro atoms. The molecule has 9 N–H and O–H groups in total. The smallest absolute Gasteiger partial charge is 0.407 e. The summed E-state index contributed by atoms with van der Waals surface area (Å²) >= 11 is 0. The average Bonchev–Trinajstić information content (AvgIpc) is 1.64. The van der Waals surface area contributed by atoms with Crippen LogP contribution in [-0.4, -0.2) is 125 Å². The quantitative estimate of drug-likeness (QED) is 0.0422. The van der Waals surface area contributed by atoms with Gasteiger partial charge in [-0.25, -0.2) is 14.4 Å². The number of rotatable bonds is 12. The van der Waals surface area contributed by atoms with Crippen LogP contribution in [0.5, 0.6) is 0 Å². The second-order valence-electron chi connectivity index (χ2n) is 20.0. The van der Waals surface area contributed by atoms with Crippen LogP contribution in [0.25, 0.3) is 33.4 Å². The first-order valence-electron chi connectivity index (χ1n) is 35.5. The summed E-state index contributed by atoms with van der Waals surface area (Å²) in [5.41, 5.74) is 18.8. The molecule has 7 amide bonds. The summed E-state index contributed by atoms with van der Waals surface area (Å²) in [6.07, 6.45) is 1.73. The Labute approximate surface area is 622 Å². The Morgan fingerprint density at radius 2 is 0.667 bits per heavy atom. The number of hydrogen-bond donors (Lipinski definition) is 8. The molecule has 10 rings (SSSR count). The van der Waals surface area contributed by atoms with Crippen LogP contribution in [0.3, 0.4) is 0 Å². The van der Waals surface area contributed by atoms with Crippen LogP contribution >= 0.6 is 0 Å². The van der Waals surface area contributed by atoms with E-state index in [-0.39, 0.29) is 104 Å². The second-order valence-corrected chi connectivity index (χ2v) is 20.0. The molecule has 2 radical (unpaired) electrons. The third kappa shape index (κ3) is 30.2. The number of likely N-dealkylation sites (N-methyl/N-ethyl adjacent to an activating group) is 2. The summed E-state index contributed by atoms with van der Waals surface area (Å²) in [5.74, 6) is -0.972. The summed E-state index contributed by atoms with van der Waals surface area (Å²) in [7, 11) is 11.5. The molecule has 0 saturated heterocycles. The molecule has 4 aliphatic rings. The van der Waals surface area contributed by atoms with Gasteiger partial charge in [-0.15, -0.1) is 0 Å². The molecular formula is C79H121BN8O10U. The summed E-state index contributed by atoms with van der Waals surface area (Å²) < 4.78 is 21.5. The molecule has 1 saturated carbocycles. The second kappa shape index (κ2) is 57.9. The first kappa shape index (κ1) is 95.3. The molecule has 4 atom stereocenters. The van der Waals surface area contributed by atoms with Crippen LogP contribution in [0.4, 0.5) is 14.4 Å². The largest absolute Gasteiger partial charge is 0.449 e. The molecule has 544 valence electrons. The summed E-state index contributed by atoms with van der Waals surface area (Å²) in [4.78, 5) is 81.6. The van der Waals surface area contributed by atoms with Gasteiger partial charge in [-0.2, -0.15) is 0 Å². The van der Waals surface area contributed by atoms with E-state index in [0.29, 0.717) is 19.4 Å². The Balaban J connectivity index is -0.000000611. The van der Waals surface area contributed by atoms with Gasteiger partial charge in [0.15, 0.2) is 0 Å². The molecule has 20 heteroatoms. The summed E-state index contributed by atoms with van der Waals surface area (Å²) in [5, 5.41) is 18.1. The molecule has 0 bridgehead atoms. The summed E-state index contributed by atoms with van der Waals surface area (Å²) in [6.45, 7) is 33.6. The standard InChI is InChI=1S/C26H31N3O4.C19H20N2O3.C16H15NO2.C3H7NO.7C2H6.CH5N.BH.U/c1-16(24(30)27-2)28-25(31)21-13-7-8-14-23(21)29-26(32)33-15-22-19-11-5-3-9-17(19)18-10-4-6-12-20(18)22;1-12(18(22)20-2)21-19(23)24-11-17-15-9-5-3-7-13(15)14-8-4-6-10-16(14)17;1-17-16(18)19-10-15-13-8-4-2-6-11(13)12-7-3-5-9-14(12)15;1-3(5)4-2;8*1-2;;/h3-6,9-12,16,21-23H,7-8,13-15H2,1-2H3,(H,27,30)(H,28,31)(H,29,32);3-10,12,17H,11H2,1-2H3,(H,20,22)(H,21,23);2-9,15H,10H2,1H3,(H,17,18);1-2H3,(H,4,5);7*1-2H3;2H2,1H3;1H;/i;;;;;;;;;;;;1T;. The number of nitrogens with one attached hydrogen (secondary N) is 7. The zero-order valence-corrected chi connectivity index (χ0v) is 67.7. The van der Waals surface area contributed by atoms with Crippen LogP contribution in [-0.2, 0) is 33.4 Å². The SMILES string of the molecule is CC.CC.CC.CC.CC.CC.CC.CN.CNC(=O)C(C)NC(=O)C1CCCCC1NC(=O)OCC1c2ccccc2-c2ccccc21.CNC(=O)C(C)NC(=O)OCC1c2ccccc2-c2ccccc21.CNC(=O)OCC1c2ccccc2-c2ccccc21.CNC(C)=O.[3H][B].[U]. The number of ether oxygens (including phenoxy) is 3. The van der Waals surface area contributed by atoms with Gasteiger partial charge in [0, 0.05) is 98.4 Å². The van der Waals surface area contributed by atoms with E-state index in [2.05, 4.69) is 124 Å². The topological polar surface area (TPSA) is 257 Å². The number of amides is 7. The van der Waals surface area contributed by atoms with Gasteiger partial charge >= 0.3 is 18.3 Å². The summed E-state index contributed by atoms with van der Waals surface area (Å²) in [6, 6.07) is 47.7. The molecule has 4 aliphatic carbocycles. The Hall–Kier alpha value is -7.91. The molecule has 6 aromatic carbocycles. The third-order valence-corrected chi connectivity index (χ3v) is 15.0. The van der Waals surface area contributed by atoms with Gasteiger partial charge in [0.1, 0.15) is 31.9 Å². The van der Waals surface area contributed by atoms with E-state index in [1.54, 1.807) is 27.9 Å². The van der Waals surface area contributed by atoms with Crippen molar-refractivity contribution < 1.29 is 78.9 Å². The van der Waals surface area contributed by atoms with Crippen molar-refractivity contribution in [1.29, 1.82) is 1.34 Å². The Bertz CT molecular complexity index is 3100. The maximum Gasteiger partial charge on any atom is 0.407 e. The van der Waals surface area contributed by atoms with E-state index in [0.717, 1.165) is 35.1 Å². The number of alkyl carbamates (subject to hydrolysis) is 3. The number of hydrogen-bond acceptors (Lipinski definition) is 11. The molecule has 18 nitrogen and oxygen atoms in total. The van der Waals surface area contributed by atoms with E-state index >= 15 is 0 Å². The van der Waals surface area contributed by atoms with Gasteiger partial charge in [0.2, 0.25) is 23.6 Å². The minimum atomic E-state index is -0.634. The van der Waals surface area contributed by atoms with Crippen LogP contribution < -0.4 is 43.0 Å². The fourth-order valence-corrected chi connectivity index (χ4v) is 10.8. The van der Waals surface area contributed by atoms with Crippen molar-refractivity contribution in [3.05, 3.63) is 179 Å². The van der Waals surface area contributed by atoms with Crippen molar-refractivity contribution in [1.82, 2.24) is 37.2 Å². The first-order valence-corrected chi connectivity index (χ1v) is 34.9. The molecule has 0 aliphatic heterocycles. The predicted octanol–water partition coefficient (Wildman–Crippen LogP) is 15.0. The van der Waals surface area contributed by atoms with Gasteiger partial charge in [0.25, 0.3) is 0 Å². The number of fused-ring (bicyclic) bond motifs is 9. The van der Waals surface area contributed by atoms with Gasteiger partial charge in [0.05, 0.1) is 5.92 Å². The zero-order valence-electron chi connectivity index (χ0n) is 64.6. The fraction of sp³-hybridized carbons (Fsp3) is 0.456. The maximum absolute atomic E-state index is 12.8. The van der Waals surface area contributed by atoms with Crippen molar-refractivity contribution in [3.63, 3.8) is 0 Å². The first-order chi connectivity index (χ1) is 48.2. The Morgan fingerprint density at radius 3 is 0.939 bits per heavy atom. The molecule has 6 aromatic rings. The van der Waals surface area contributed by atoms with Crippen LogP contribution in [0, 0.1) is 37.0 Å². The molecule has 0 heterocycles. The van der Waals surface area contributed by atoms with E-state index in [9.17, 15) is 33.6 Å². The van der Waals surface area contributed by atoms with E-state index in [1.807, 2.05) is 170 Å². The molecule has 0 aromatic heterocycles. The van der Waals surface area contributed by atoms with Gasteiger partial charge < -0.3 is 57.2 Å². The minimum absolute atomic E-state index is 0. The number of nitrogens with two attached hydrogens (primary N) is 1. The van der Waals surface area contributed by atoms with Crippen molar-refractivity contribution in [3.8, 4) is 33.4 Å². The maximum atomic E-state index is 12.8. The van der Waals surface area contributed by atoms with E-state index in [1.165, 1.54) is 72.6 Å². The van der Waals surface area contributed by atoms with Gasteiger partial charge in [-0.3, -0.25) is 19.2 Å². The predicted molar refractivity (Wildman–Crippen MR) is 408 cm³/mol. The Kier molecular flexibility index (Phi) is 55.8. The minimum Gasteiger partial charge on any atom is -0.449 e. The normalized spacial score (nSPS) is 13.3. The van der Waals surface area contributed by atoms with Crippen molar-refractivity contribution in [2.24, 2.45) is 11.7 Å².